The predicted octanol–water partition coefficient (Wildman–Crippen LogP) is 4.92. The Morgan fingerprint density at radius 3 is 2.56 bits per heavy atom. The summed E-state index contributed by atoms with van der Waals surface area (Å²) in [5, 5.41) is 1.10. The smallest absolute Gasteiger partial charge is 0.387 e. The van der Waals surface area contributed by atoms with Crippen LogP contribution >= 0.6 is 11.3 Å². The quantitative estimate of drug-likeness (QED) is 0.637. The first-order chi connectivity index (χ1) is 13.1. The highest BCUT2D eigenvalue weighted by Gasteiger charge is 2.28. The predicted molar refractivity (Wildman–Crippen MR) is 101 cm³/mol. The lowest BCUT2D eigenvalue weighted by molar-refractivity contribution is -0.0503. The molecule has 3 aromatic rings. The molecule has 2 heterocycles. The molecule has 0 radical (unpaired) electrons. The molecule has 1 saturated heterocycles. The van der Waals surface area contributed by atoms with Gasteiger partial charge in [-0.3, -0.25) is 4.79 Å². The van der Waals surface area contributed by atoms with E-state index in [1.807, 2.05) is 18.2 Å². The van der Waals surface area contributed by atoms with Crippen LogP contribution in [-0.2, 0) is 0 Å². The number of halogens is 2. The number of aromatic nitrogens is 1. The zero-order valence-corrected chi connectivity index (χ0v) is 15.3. The molecule has 0 aliphatic carbocycles. The van der Waals surface area contributed by atoms with Crippen molar-refractivity contribution in [3.05, 3.63) is 59.1 Å². The van der Waals surface area contributed by atoms with E-state index in [9.17, 15) is 13.6 Å². The number of rotatable bonds is 4. The van der Waals surface area contributed by atoms with Crippen molar-refractivity contribution in [3.8, 4) is 5.75 Å². The molecule has 0 bridgehead atoms. The summed E-state index contributed by atoms with van der Waals surface area (Å²) in [5.41, 5.74) is 1.19. The number of hydrogen-bond donors (Lipinski definition) is 0. The highest BCUT2D eigenvalue weighted by Crippen LogP contribution is 2.34. The molecule has 2 aromatic carbocycles. The van der Waals surface area contributed by atoms with Gasteiger partial charge in [-0.05, 0) is 37.1 Å². The molecule has 1 fully saturated rings. The van der Waals surface area contributed by atoms with Crippen molar-refractivity contribution in [3.63, 3.8) is 0 Å². The molecule has 7 heteroatoms. The van der Waals surface area contributed by atoms with Gasteiger partial charge in [-0.15, -0.1) is 11.3 Å². The highest BCUT2D eigenvalue weighted by molar-refractivity contribution is 7.18. The molecular weight excluding hydrogens is 370 g/mol. The highest BCUT2D eigenvalue weighted by atomic mass is 32.1. The number of nitrogens with zero attached hydrogens (tertiary/aromatic N) is 2. The van der Waals surface area contributed by atoms with E-state index in [0.717, 1.165) is 23.4 Å². The number of ether oxygens (including phenoxy) is 1. The van der Waals surface area contributed by atoms with Crippen LogP contribution in [0.2, 0.25) is 0 Å². The molecule has 1 amide bonds. The van der Waals surface area contributed by atoms with E-state index >= 15 is 0 Å². The van der Waals surface area contributed by atoms with E-state index in [0.29, 0.717) is 19.0 Å². The van der Waals surface area contributed by atoms with Gasteiger partial charge in [0.15, 0.2) is 0 Å². The van der Waals surface area contributed by atoms with Crippen LogP contribution in [0, 0.1) is 0 Å². The zero-order valence-electron chi connectivity index (χ0n) is 14.5. The van der Waals surface area contributed by atoms with E-state index in [1.54, 1.807) is 28.4 Å². The van der Waals surface area contributed by atoms with Crippen LogP contribution < -0.4 is 4.74 Å². The fraction of sp³-hybridized carbons (Fsp3) is 0.300. The molecule has 0 N–H and O–H groups in total. The molecule has 1 aromatic heterocycles. The monoisotopic (exact) mass is 388 g/mol. The molecule has 4 rings (SSSR count). The Morgan fingerprint density at radius 1 is 1.11 bits per heavy atom. The fourth-order valence-electron chi connectivity index (χ4n) is 3.41. The number of benzene rings is 2. The lowest BCUT2D eigenvalue weighted by Crippen LogP contribution is -2.38. The number of likely N-dealkylation sites (tertiary alicyclic amines) is 1. The van der Waals surface area contributed by atoms with Crippen LogP contribution in [0.25, 0.3) is 10.2 Å². The number of fused-ring (bicyclic) bond motifs is 1. The van der Waals surface area contributed by atoms with Gasteiger partial charge in [-0.1, -0.05) is 24.3 Å². The van der Waals surface area contributed by atoms with Gasteiger partial charge in [0.25, 0.3) is 5.91 Å². The van der Waals surface area contributed by atoms with Gasteiger partial charge in [0.1, 0.15) is 5.75 Å². The zero-order chi connectivity index (χ0) is 18.8. The van der Waals surface area contributed by atoms with E-state index in [4.69, 9.17) is 4.98 Å². The lowest BCUT2D eigenvalue weighted by Gasteiger charge is -2.31. The minimum absolute atomic E-state index is 0.0780. The van der Waals surface area contributed by atoms with Gasteiger partial charge in [0, 0.05) is 19.0 Å². The molecule has 4 nitrogen and oxygen atoms in total. The van der Waals surface area contributed by atoms with Gasteiger partial charge >= 0.3 is 6.61 Å². The van der Waals surface area contributed by atoms with Crippen LogP contribution in [0.1, 0.15) is 34.1 Å². The van der Waals surface area contributed by atoms with Crippen molar-refractivity contribution < 1.29 is 18.3 Å². The van der Waals surface area contributed by atoms with E-state index < -0.39 is 6.61 Å². The number of amides is 1. The molecule has 0 spiro atoms. The van der Waals surface area contributed by atoms with Gasteiger partial charge in [0.2, 0.25) is 0 Å². The number of thiazole rings is 1. The minimum atomic E-state index is -2.95. The van der Waals surface area contributed by atoms with Gasteiger partial charge < -0.3 is 9.64 Å². The summed E-state index contributed by atoms with van der Waals surface area (Å²) in [7, 11) is 0. The summed E-state index contributed by atoms with van der Waals surface area (Å²) in [5.74, 6) is -0.0289. The third-order valence-electron chi connectivity index (χ3n) is 4.78. The van der Waals surface area contributed by atoms with Crippen molar-refractivity contribution >= 4 is 27.5 Å². The Bertz CT molecular complexity index is 919. The Labute approximate surface area is 159 Å². The third-order valence-corrected chi connectivity index (χ3v) is 5.97. The topological polar surface area (TPSA) is 42.4 Å². The first-order valence-corrected chi connectivity index (χ1v) is 9.62. The number of carbonyl (C=O) groups excluding carboxylic acids is 1. The summed E-state index contributed by atoms with van der Waals surface area (Å²) in [6.45, 7) is -1.81. The molecule has 0 saturated carbocycles. The Hall–Kier alpha value is -2.54. The van der Waals surface area contributed by atoms with Crippen molar-refractivity contribution in [2.75, 3.05) is 13.1 Å². The van der Waals surface area contributed by atoms with Crippen molar-refractivity contribution in [1.82, 2.24) is 9.88 Å². The summed E-state index contributed by atoms with van der Waals surface area (Å²) in [6, 6.07) is 14.2. The first kappa shape index (κ1) is 17.9. The SMILES string of the molecule is O=C(c1ccccc1OC(F)F)N1CCC(c2nc3ccccc3s2)CC1. The second-order valence-electron chi connectivity index (χ2n) is 6.46. The Kier molecular flexibility index (Phi) is 5.03. The molecule has 0 unspecified atom stereocenters. The standard InChI is InChI=1S/C20H18F2N2O2S/c21-20(22)26-16-7-3-1-5-14(16)19(25)24-11-9-13(10-12-24)18-23-15-6-2-4-8-17(15)27-18/h1-8,13,20H,9-12H2. The van der Waals surface area contributed by atoms with Crippen LogP contribution in [0.5, 0.6) is 5.75 Å². The molecule has 27 heavy (non-hydrogen) atoms. The van der Waals surface area contributed by atoms with Crippen LogP contribution in [0.4, 0.5) is 8.78 Å². The molecule has 140 valence electrons. The third kappa shape index (κ3) is 3.78. The van der Waals surface area contributed by atoms with E-state index in [2.05, 4.69) is 10.8 Å². The second-order valence-corrected chi connectivity index (χ2v) is 7.52. The number of carbonyl (C=O) groups is 1. The lowest BCUT2D eigenvalue weighted by atomic mass is 9.97. The van der Waals surface area contributed by atoms with Gasteiger partial charge in [-0.25, -0.2) is 4.98 Å². The summed E-state index contributed by atoms with van der Waals surface area (Å²) >= 11 is 1.70. The van der Waals surface area contributed by atoms with E-state index in [1.165, 1.54) is 16.8 Å². The molecule has 1 aliphatic heterocycles. The average molecular weight is 388 g/mol. The first-order valence-electron chi connectivity index (χ1n) is 8.80. The number of hydrogen-bond acceptors (Lipinski definition) is 4. The largest absolute Gasteiger partial charge is 0.434 e. The summed E-state index contributed by atoms with van der Waals surface area (Å²) in [4.78, 5) is 19.2. The maximum atomic E-state index is 12.8. The summed E-state index contributed by atoms with van der Waals surface area (Å²) in [6.07, 6.45) is 1.62. The number of piperidine rings is 1. The van der Waals surface area contributed by atoms with Crippen molar-refractivity contribution in [2.24, 2.45) is 0 Å². The molecule has 0 atom stereocenters. The van der Waals surface area contributed by atoms with Crippen LogP contribution in [-0.4, -0.2) is 35.5 Å². The molecular formula is C20H18F2N2O2S. The normalized spacial score (nSPS) is 15.4. The minimum Gasteiger partial charge on any atom is -0.434 e. The van der Waals surface area contributed by atoms with Crippen LogP contribution in [0.15, 0.2) is 48.5 Å². The van der Waals surface area contributed by atoms with Gasteiger partial charge in [0.05, 0.1) is 20.8 Å². The second kappa shape index (κ2) is 7.60. The van der Waals surface area contributed by atoms with E-state index in [-0.39, 0.29) is 17.2 Å². The molecule has 1 aliphatic rings. The Balaban J connectivity index is 1.45. The number of para-hydroxylation sites is 2. The Morgan fingerprint density at radius 2 is 1.81 bits per heavy atom. The van der Waals surface area contributed by atoms with Crippen LogP contribution in [0.3, 0.4) is 0 Å². The number of alkyl halides is 2. The van der Waals surface area contributed by atoms with Crippen molar-refractivity contribution in [1.29, 1.82) is 0 Å². The maximum absolute atomic E-state index is 12.8. The van der Waals surface area contributed by atoms with Crippen molar-refractivity contribution in [2.45, 2.75) is 25.4 Å². The average Bonchev–Trinajstić information content (AvgIpc) is 3.12. The fourth-order valence-corrected chi connectivity index (χ4v) is 4.54. The van der Waals surface area contributed by atoms with Gasteiger partial charge in [-0.2, -0.15) is 8.78 Å². The summed E-state index contributed by atoms with van der Waals surface area (Å²) < 4.78 is 30.8. The maximum Gasteiger partial charge on any atom is 0.387 e.